The number of hydrogen-bond acceptors (Lipinski definition) is 7. The molecule has 0 radical (unpaired) electrons. The summed E-state index contributed by atoms with van der Waals surface area (Å²) in [5.41, 5.74) is 0. The van der Waals surface area contributed by atoms with Crippen LogP contribution in [0.15, 0.2) is 12.2 Å². The minimum Gasteiger partial charge on any atom is -0.463 e. The molecule has 2 atom stereocenters. The van der Waals surface area contributed by atoms with Gasteiger partial charge in [-0.15, -0.1) is 0 Å². The highest BCUT2D eigenvalue weighted by Gasteiger charge is 2.23. The van der Waals surface area contributed by atoms with Gasteiger partial charge in [-0.05, 0) is 25.7 Å². The van der Waals surface area contributed by atoms with E-state index in [-0.39, 0.29) is 32.1 Å². The van der Waals surface area contributed by atoms with E-state index in [0.29, 0.717) is 6.42 Å². The van der Waals surface area contributed by atoms with E-state index in [9.17, 15) is 24.2 Å². The van der Waals surface area contributed by atoms with Crippen LogP contribution in [0.2, 0.25) is 0 Å². The number of unbranched alkanes of at least 4 members (excludes halogenated alkanes) is 7. The van der Waals surface area contributed by atoms with E-state index in [1.165, 1.54) is 12.8 Å². The summed E-state index contributed by atoms with van der Waals surface area (Å²) in [7, 11) is -4.36. The Balaban J connectivity index is 3.67. The van der Waals surface area contributed by atoms with Gasteiger partial charge >= 0.3 is 13.8 Å². The molecule has 0 saturated carbocycles. The molecule has 0 heterocycles. The van der Waals surface area contributed by atoms with Gasteiger partial charge in [0.05, 0.1) is 13.2 Å². The second kappa shape index (κ2) is 20.4. The Morgan fingerprint density at radius 3 is 2.31 bits per heavy atom. The lowest BCUT2D eigenvalue weighted by atomic mass is 10.1. The number of phosphoric ester groups is 1. The summed E-state index contributed by atoms with van der Waals surface area (Å²) in [5, 5.41) is 12.2. The molecule has 0 aliphatic heterocycles. The molecule has 3 N–H and O–H groups in total. The third-order valence-electron chi connectivity index (χ3n) is 4.51. The first-order valence-corrected chi connectivity index (χ1v) is 13.2. The summed E-state index contributed by atoms with van der Waals surface area (Å²) in [4.78, 5) is 32.3. The van der Waals surface area contributed by atoms with Gasteiger partial charge in [0.25, 0.3) is 0 Å². The monoisotopic (exact) mass is 479 g/mol. The van der Waals surface area contributed by atoms with Crippen molar-refractivity contribution in [1.82, 2.24) is 5.32 Å². The molecule has 0 saturated heterocycles. The van der Waals surface area contributed by atoms with Crippen molar-refractivity contribution in [2.75, 3.05) is 26.4 Å². The molecule has 188 valence electrons. The number of hydrogen-bond donors (Lipinski definition) is 3. The van der Waals surface area contributed by atoms with Crippen molar-refractivity contribution in [1.29, 1.82) is 0 Å². The van der Waals surface area contributed by atoms with E-state index >= 15 is 0 Å². The smallest absolute Gasteiger partial charge is 0.463 e. The highest BCUT2D eigenvalue weighted by molar-refractivity contribution is 7.47. The van der Waals surface area contributed by atoms with Crippen molar-refractivity contribution in [3.8, 4) is 0 Å². The summed E-state index contributed by atoms with van der Waals surface area (Å²) in [6.45, 7) is 2.88. The van der Waals surface area contributed by atoms with Crippen LogP contribution in [0.4, 0.5) is 0 Å². The van der Waals surface area contributed by atoms with Crippen LogP contribution < -0.4 is 5.32 Å². The van der Waals surface area contributed by atoms with Gasteiger partial charge in [0, 0.05) is 19.4 Å². The Morgan fingerprint density at radius 1 is 0.969 bits per heavy atom. The van der Waals surface area contributed by atoms with Gasteiger partial charge in [-0.25, -0.2) is 4.57 Å². The molecule has 0 aromatic carbocycles. The number of carbonyl (C=O) groups excluding carboxylic acids is 2. The van der Waals surface area contributed by atoms with Crippen molar-refractivity contribution >= 4 is 19.7 Å². The number of aliphatic hydroxyl groups excluding tert-OH is 1. The predicted molar refractivity (Wildman–Crippen MR) is 123 cm³/mol. The molecule has 1 amide bonds. The molecule has 2 unspecified atom stereocenters. The zero-order chi connectivity index (χ0) is 24.1. The van der Waals surface area contributed by atoms with Crippen LogP contribution in [0.25, 0.3) is 0 Å². The van der Waals surface area contributed by atoms with Crippen LogP contribution in [0, 0.1) is 0 Å². The third-order valence-corrected chi connectivity index (χ3v) is 5.49. The molecule has 0 bridgehead atoms. The topological polar surface area (TPSA) is 131 Å². The molecule has 0 fully saturated rings. The van der Waals surface area contributed by atoms with Crippen molar-refractivity contribution in [2.45, 2.75) is 90.6 Å². The number of nitrogens with one attached hydrogen (secondary N) is 1. The van der Waals surface area contributed by atoms with Crippen LogP contribution in [0.5, 0.6) is 0 Å². The number of aliphatic hydroxyl groups is 1. The zero-order valence-corrected chi connectivity index (χ0v) is 20.5. The number of amides is 1. The number of allylic oxidation sites excluding steroid dienone is 2. The van der Waals surface area contributed by atoms with E-state index in [2.05, 4.69) is 33.4 Å². The highest BCUT2D eigenvalue weighted by atomic mass is 31.2. The zero-order valence-electron chi connectivity index (χ0n) is 19.6. The summed E-state index contributed by atoms with van der Waals surface area (Å²) in [6, 6.07) is 0. The molecular formula is C22H42NO8P. The number of carbonyl (C=O) groups is 2. The standard InChI is InChI=1S/C22H42NO8P/c1-3-5-6-7-8-9-10-11-12-13-14-15-22(26)29-18-20(24)19-31-32(27,28)30-17-16-23-21(25)4-2/h7-8,20,24H,3-6,9-19H2,1-2H3,(H,23,25)(H,27,28)/b8-7-. The number of esters is 1. The predicted octanol–water partition coefficient (Wildman–Crippen LogP) is 4.03. The van der Waals surface area contributed by atoms with Gasteiger partial charge in [-0.2, -0.15) is 0 Å². The largest absolute Gasteiger partial charge is 0.472 e. The SMILES string of the molecule is CCCC/C=C\CCCCCCCC(=O)OCC(O)COP(=O)(O)OCCNC(=O)CC. The first-order chi connectivity index (χ1) is 15.3. The van der Waals surface area contributed by atoms with Crippen LogP contribution >= 0.6 is 7.82 Å². The second-order valence-electron chi connectivity index (χ2n) is 7.56. The summed E-state index contributed by atoms with van der Waals surface area (Å²) < 4.78 is 26.0. The van der Waals surface area contributed by atoms with Crippen molar-refractivity contribution in [3.63, 3.8) is 0 Å². The normalized spacial score (nSPS) is 14.2. The van der Waals surface area contributed by atoms with Crippen LogP contribution in [-0.4, -0.2) is 54.3 Å². The fraction of sp³-hybridized carbons (Fsp3) is 0.818. The quantitative estimate of drug-likeness (QED) is 0.0973. The van der Waals surface area contributed by atoms with Gasteiger partial charge in [0.1, 0.15) is 12.7 Å². The Labute approximate surface area is 192 Å². The Morgan fingerprint density at radius 2 is 1.62 bits per heavy atom. The average Bonchev–Trinajstić information content (AvgIpc) is 2.77. The summed E-state index contributed by atoms with van der Waals surface area (Å²) in [5.74, 6) is -0.622. The van der Waals surface area contributed by atoms with Crippen molar-refractivity contribution in [3.05, 3.63) is 12.2 Å². The first kappa shape index (κ1) is 30.8. The minimum absolute atomic E-state index is 0.0663. The number of rotatable bonds is 21. The van der Waals surface area contributed by atoms with Gasteiger partial charge in [0.15, 0.2) is 0 Å². The van der Waals surface area contributed by atoms with E-state index in [0.717, 1.165) is 44.9 Å². The minimum atomic E-state index is -4.36. The maximum atomic E-state index is 11.7. The number of phosphoric acid groups is 1. The lowest BCUT2D eigenvalue weighted by molar-refractivity contribution is -0.147. The summed E-state index contributed by atoms with van der Waals surface area (Å²) in [6.07, 6.45) is 13.6. The van der Waals surface area contributed by atoms with Crippen molar-refractivity contribution in [2.24, 2.45) is 0 Å². The average molecular weight is 480 g/mol. The Hall–Kier alpha value is -1.25. The van der Waals surface area contributed by atoms with E-state index < -0.39 is 26.5 Å². The van der Waals surface area contributed by atoms with Gasteiger partial charge in [-0.1, -0.05) is 58.1 Å². The molecule has 0 aromatic rings. The van der Waals surface area contributed by atoms with E-state index in [4.69, 9.17) is 4.74 Å². The molecule has 9 nitrogen and oxygen atoms in total. The van der Waals surface area contributed by atoms with Crippen LogP contribution in [0.1, 0.15) is 84.5 Å². The first-order valence-electron chi connectivity index (χ1n) is 11.7. The molecule has 32 heavy (non-hydrogen) atoms. The molecule has 10 heteroatoms. The lowest BCUT2D eigenvalue weighted by Gasteiger charge is -2.15. The van der Waals surface area contributed by atoms with Crippen molar-refractivity contribution < 1.29 is 37.9 Å². The van der Waals surface area contributed by atoms with Gasteiger partial charge in [0.2, 0.25) is 5.91 Å². The van der Waals surface area contributed by atoms with Gasteiger partial charge in [-0.3, -0.25) is 18.6 Å². The lowest BCUT2D eigenvalue weighted by Crippen LogP contribution is -2.26. The van der Waals surface area contributed by atoms with Crippen LogP contribution in [0.3, 0.4) is 0 Å². The van der Waals surface area contributed by atoms with E-state index in [1.54, 1.807) is 6.92 Å². The maximum Gasteiger partial charge on any atom is 0.472 e. The van der Waals surface area contributed by atoms with Crippen LogP contribution in [-0.2, 0) is 27.9 Å². The van der Waals surface area contributed by atoms with Gasteiger partial charge < -0.3 is 20.1 Å². The Kier molecular flexibility index (Phi) is 19.6. The molecule has 0 aliphatic carbocycles. The summed E-state index contributed by atoms with van der Waals surface area (Å²) >= 11 is 0. The molecular weight excluding hydrogens is 437 g/mol. The highest BCUT2D eigenvalue weighted by Crippen LogP contribution is 2.42. The third kappa shape index (κ3) is 20.6. The second-order valence-corrected chi connectivity index (χ2v) is 9.01. The molecule has 0 spiro atoms. The fourth-order valence-electron chi connectivity index (χ4n) is 2.62. The van der Waals surface area contributed by atoms with E-state index in [1.807, 2.05) is 0 Å². The Bertz CT molecular complexity index is 570. The molecule has 0 aromatic heterocycles. The fourth-order valence-corrected chi connectivity index (χ4v) is 3.38. The molecule has 0 rings (SSSR count). The maximum absolute atomic E-state index is 11.7. The molecule has 0 aliphatic rings. The number of ether oxygens (including phenoxy) is 1.